The van der Waals surface area contributed by atoms with Crippen molar-refractivity contribution in [2.75, 3.05) is 13.2 Å². The van der Waals surface area contributed by atoms with E-state index in [1.165, 1.54) is 0 Å². The van der Waals surface area contributed by atoms with E-state index in [-0.39, 0.29) is 30.9 Å². The molecule has 0 spiro atoms. The van der Waals surface area contributed by atoms with Crippen molar-refractivity contribution >= 4 is 11.9 Å². The minimum absolute atomic E-state index is 0.0347. The van der Waals surface area contributed by atoms with Gasteiger partial charge in [-0.25, -0.2) is 0 Å². The summed E-state index contributed by atoms with van der Waals surface area (Å²) in [4.78, 5) is 23.6. The van der Waals surface area contributed by atoms with Crippen molar-refractivity contribution in [3.8, 4) is 0 Å². The van der Waals surface area contributed by atoms with E-state index < -0.39 is 5.92 Å². The Morgan fingerprint density at radius 1 is 1.06 bits per heavy atom. The second kappa shape index (κ2) is 5.67. The molecule has 1 aliphatic rings. The van der Waals surface area contributed by atoms with Crippen LogP contribution in [0.1, 0.15) is 24.8 Å². The first-order valence-electron chi connectivity index (χ1n) is 6.04. The van der Waals surface area contributed by atoms with Gasteiger partial charge in [0, 0.05) is 5.92 Å². The summed E-state index contributed by atoms with van der Waals surface area (Å²) in [6, 6.07) is 9.18. The van der Waals surface area contributed by atoms with E-state index in [0.717, 1.165) is 5.56 Å². The molecule has 1 aromatic rings. The average Bonchev–Trinajstić information content (AvgIpc) is 2.45. The summed E-state index contributed by atoms with van der Waals surface area (Å²) in [5.41, 5.74) is 0.786. The molecule has 0 aromatic heterocycles. The van der Waals surface area contributed by atoms with Crippen molar-refractivity contribution in [1.82, 2.24) is 0 Å². The predicted octanol–water partition coefficient (Wildman–Crippen LogP) is 1.90. The first kappa shape index (κ1) is 12.6. The van der Waals surface area contributed by atoms with E-state index in [0.29, 0.717) is 6.61 Å². The van der Waals surface area contributed by atoms with Crippen LogP contribution < -0.4 is 0 Å². The maximum absolute atomic E-state index is 12.0. The average molecular weight is 248 g/mol. The van der Waals surface area contributed by atoms with E-state index in [1.807, 2.05) is 37.3 Å². The second-order valence-corrected chi connectivity index (χ2v) is 4.59. The van der Waals surface area contributed by atoms with Gasteiger partial charge in [-0.15, -0.1) is 0 Å². The lowest BCUT2D eigenvalue weighted by Gasteiger charge is -2.14. The Balaban J connectivity index is 2.20. The van der Waals surface area contributed by atoms with Gasteiger partial charge in [0.1, 0.15) is 0 Å². The topological polar surface area (TPSA) is 52.6 Å². The fraction of sp³-hybridized carbons (Fsp3) is 0.429. The van der Waals surface area contributed by atoms with Crippen molar-refractivity contribution < 1.29 is 19.1 Å². The number of cyclic esters (lactones) is 2. The molecule has 96 valence electrons. The monoisotopic (exact) mass is 248 g/mol. The Labute approximate surface area is 106 Å². The minimum atomic E-state index is -0.566. The van der Waals surface area contributed by atoms with Gasteiger partial charge in [-0.1, -0.05) is 37.3 Å². The van der Waals surface area contributed by atoms with Gasteiger partial charge in [-0.3, -0.25) is 9.59 Å². The molecule has 0 N–H and O–H groups in total. The fourth-order valence-corrected chi connectivity index (χ4v) is 1.86. The lowest BCUT2D eigenvalue weighted by Crippen LogP contribution is -2.19. The standard InChI is InChI=1S/C14H16O4/c1-10-8-17-13(15)7-12(14(16)18-9-10)11-5-3-2-4-6-11/h2-6,10,12H,7-9H2,1H3. The molecular formula is C14H16O4. The van der Waals surface area contributed by atoms with Crippen LogP contribution in [0.25, 0.3) is 0 Å². The molecule has 2 unspecified atom stereocenters. The number of hydrogen-bond acceptors (Lipinski definition) is 4. The lowest BCUT2D eigenvalue weighted by molar-refractivity contribution is -0.149. The summed E-state index contributed by atoms with van der Waals surface area (Å²) in [5, 5.41) is 0. The number of ether oxygens (including phenoxy) is 2. The number of carbonyl (C=O) groups excluding carboxylic acids is 2. The molecule has 0 amide bonds. The second-order valence-electron chi connectivity index (χ2n) is 4.59. The smallest absolute Gasteiger partial charge is 0.314 e. The summed E-state index contributed by atoms with van der Waals surface area (Å²) >= 11 is 0. The van der Waals surface area contributed by atoms with Crippen LogP contribution >= 0.6 is 0 Å². The van der Waals surface area contributed by atoms with Gasteiger partial charge in [-0.05, 0) is 5.56 Å². The lowest BCUT2D eigenvalue weighted by atomic mass is 9.96. The molecule has 18 heavy (non-hydrogen) atoms. The van der Waals surface area contributed by atoms with Crippen LogP contribution in [0.4, 0.5) is 0 Å². The highest BCUT2D eigenvalue weighted by Gasteiger charge is 2.28. The Bertz CT molecular complexity index is 427. The molecule has 1 aromatic carbocycles. The Hall–Kier alpha value is -1.84. The van der Waals surface area contributed by atoms with Gasteiger partial charge in [0.2, 0.25) is 0 Å². The van der Waals surface area contributed by atoms with Crippen molar-refractivity contribution in [2.24, 2.45) is 5.92 Å². The molecule has 0 radical (unpaired) electrons. The van der Waals surface area contributed by atoms with E-state index in [9.17, 15) is 9.59 Å². The van der Waals surface area contributed by atoms with Gasteiger partial charge >= 0.3 is 11.9 Å². The molecule has 0 aliphatic carbocycles. The summed E-state index contributed by atoms with van der Waals surface area (Å²) in [6.45, 7) is 2.46. The fourth-order valence-electron chi connectivity index (χ4n) is 1.86. The van der Waals surface area contributed by atoms with Gasteiger partial charge in [-0.2, -0.15) is 0 Å². The third-order valence-electron chi connectivity index (χ3n) is 2.90. The minimum Gasteiger partial charge on any atom is -0.465 e. The van der Waals surface area contributed by atoms with Crippen molar-refractivity contribution in [1.29, 1.82) is 0 Å². The number of rotatable bonds is 1. The number of hydrogen-bond donors (Lipinski definition) is 0. The van der Waals surface area contributed by atoms with Crippen LogP contribution in [-0.2, 0) is 19.1 Å². The van der Waals surface area contributed by atoms with Gasteiger partial charge in [0.15, 0.2) is 0 Å². The molecule has 1 saturated heterocycles. The van der Waals surface area contributed by atoms with Gasteiger partial charge in [0.05, 0.1) is 25.6 Å². The molecule has 0 bridgehead atoms. The molecular weight excluding hydrogens is 232 g/mol. The highest BCUT2D eigenvalue weighted by atomic mass is 16.5. The van der Waals surface area contributed by atoms with Crippen LogP contribution in [0.3, 0.4) is 0 Å². The van der Waals surface area contributed by atoms with E-state index in [4.69, 9.17) is 9.47 Å². The molecule has 4 heteroatoms. The van der Waals surface area contributed by atoms with Crippen LogP contribution in [0, 0.1) is 5.92 Å². The van der Waals surface area contributed by atoms with Crippen molar-refractivity contribution in [3.05, 3.63) is 35.9 Å². The highest BCUT2D eigenvalue weighted by Crippen LogP contribution is 2.23. The molecule has 4 nitrogen and oxygen atoms in total. The van der Waals surface area contributed by atoms with Crippen LogP contribution in [0.5, 0.6) is 0 Å². The molecule has 2 atom stereocenters. The first-order chi connectivity index (χ1) is 8.66. The molecule has 1 aliphatic heterocycles. The van der Waals surface area contributed by atoms with E-state index >= 15 is 0 Å². The first-order valence-corrected chi connectivity index (χ1v) is 6.04. The van der Waals surface area contributed by atoms with Crippen molar-refractivity contribution in [3.63, 3.8) is 0 Å². The zero-order valence-corrected chi connectivity index (χ0v) is 10.3. The molecule has 1 heterocycles. The zero-order chi connectivity index (χ0) is 13.0. The van der Waals surface area contributed by atoms with Crippen LogP contribution in [-0.4, -0.2) is 25.2 Å². The predicted molar refractivity (Wildman–Crippen MR) is 64.9 cm³/mol. The summed E-state index contributed by atoms with van der Waals surface area (Å²) in [5.74, 6) is -1.24. The molecule has 2 rings (SSSR count). The SMILES string of the molecule is CC1COC(=O)CC(c2ccccc2)C(=O)OC1. The van der Waals surface area contributed by atoms with Crippen LogP contribution in [0.2, 0.25) is 0 Å². The maximum Gasteiger partial charge on any atom is 0.314 e. The Kier molecular flexibility index (Phi) is 3.97. The summed E-state index contributed by atoms with van der Waals surface area (Å²) in [6.07, 6.45) is 0.0373. The van der Waals surface area contributed by atoms with E-state index in [1.54, 1.807) is 0 Å². The number of benzene rings is 1. The number of esters is 2. The summed E-state index contributed by atoms with van der Waals surface area (Å²) < 4.78 is 10.3. The third-order valence-corrected chi connectivity index (χ3v) is 2.90. The van der Waals surface area contributed by atoms with Gasteiger partial charge < -0.3 is 9.47 Å². The normalized spacial score (nSPS) is 25.4. The Morgan fingerprint density at radius 3 is 2.44 bits per heavy atom. The Morgan fingerprint density at radius 2 is 1.72 bits per heavy atom. The summed E-state index contributed by atoms with van der Waals surface area (Å²) in [7, 11) is 0. The zero-order valence-electron chi connectivity index (χ0n) is 10.3. The maximum atomic E-state index is 12.0. The number of carbonyl (C=O) groups is 2. The van der Waals surface area contributed by atoms with Crippen molar-refractivity contribution in [2.45, 2.75) is 19.3 Å². The largest absolute Gasteiger partial charge is 0.465 e. The highest BCUT2D eigenvalue weighted by molar-refractivity contribution is 5.84. The van der Waals surface area contributed by atoms with Crippen LogP contribution in [0.15, 0.2) is 30.3 Å². The van der Waals surface area contributed by atoms with E-state index in [2.05, 4.69) is 0 Å². The molecule has 1 fully saturated rings. The third kappa shape index (κ3) is 3.09. The quantitative estimate of drug-likeness (QED) is 0.712. The molecule has 0 saturated carbocycles. The van der Waals surface area contributed by atoms with Gasteiger partial charge in [0.25, 0.3) is 0 Å².